The van der Waals surface area contributed by atoms with E-state index in [0.29, 0.717) is 11.1 Å². The van der Waals surface area contributed by atoms with Crippen molar-refractivity contribution >= 4 is 39.9 Å². The molecule has 1 aromatic heterocycles. The van der Waals surface area contributed by atoms with Crippen LogP contribution in [0.1, 0.15) is 36.7 Å². The molecule has 2 aromatic rings. The second-order valence-electron chi connectivity index (χ2n) is 8.91. The summed E-state index contributed by atoms with van der Waals surface area (Å²) >= 11 is 1.37. The summed E-state index contributed by atoms with van der Waals surface area (Å²) in [7, 11) is 1.65. The van der Waals surface area contributed by atoms with Crippen molar-refractivity contribution in [2.24, 2.45) is 16.0 Å². The number of likely N-dealkylation sites (tertiary alicyclic amines) is 1. The van der Waals surface area contributed by atoms with Gasteiger partial charge in [-0.2, -0.15) is 10.0 Å². The molecule has 3 aliphatic rings. The van der Waals surface area contributed by atoms with Crippen LogP contribution < -0.4 is 4.74 Å². The first kappa shape index (κ1) is 22.5. The summed E-state index contributed by atoms with van der Waals surface area (Å²) in [6.07, 6.45) is 3.99. The number of nitrogens with one attached hydrogen (secondary N) is 1. The van der Waals surface area contributed by atoms with Gasteiger partial charge < -0.3 is 14.2 Å². The number of nitrogens with zero attached hydrogens (tertiary/aromatic N) is 5. The molecule has 0 spiro atoms. The Balaban J connectivity index is 1.47. The highest BCUT2D eigenvalue weighted by Gasteiger charge is 2.38. The largest absolute Gasteiger partial charge is 0.495 e. The quantitative estimate of drug-likeness (QED) is 0.663. The van der Waals surface area contributed by atoms with Crippen molar-refractivity contribution in [3.05, 3.63) is 52.9 Å². The van der Waals surface area contributed by atoms with E-state index in [1.165, 1.54) is 16.8 Å². The highest BCUT2D eigenvalue weighted by Crippen LogP contribution is 2.33. The van der Waals surface area contributed by atoms with Gasteiger partial charge in [0.05, 0.1) is 18.4 Å². The molecule has 0 aliphatic carbocycles. The SMILES string of the molecule is COc1ccccc1-n1c(C)cc(/C=C2\C(=N)N3N=C(N4CCC(C)CC4)SC3=NC2=O)c1C. The molecule has 1 amide bonds. The van der Waals surface area contributed by atoms with Crippen LogP contribution in [0.15, 0.2) is 46.0 Å². The van der Waals surface area contributed by atoms with Crippen molar-refractivity contribution in [2.45, 2.75) is 33.6 Å². The van der Waals surface area contributed by atoms with Crippen molar-refractivity contribution in [1.82, 2.24) is 14.5 Å². The van der Waals surface area contributed by atoms with Crippen LogP contribution in [-0.2, 0) is 4.79 Å². The fraction of sp³-hybridized carbons (Fsp3) is 0.360. The lowest BCUT2D eigenvalue weighted by Crippen LogP contribution is -2.36. The molecule has 9 heteroatoms. The number of ether oxygens (including phenoxy) is 1. The Morgan fingerprint density at radius 3 is 2.65 bits per heavy atom. The number of carbonyl (C=O) groups excluding carboxylic acids is 1. The molecule has 34 heavy (non-hydrogen) atoms. The Morgan fingerprint density at radius 1 is 1.18 bits per heavy atom. The van der Waals surface area contributed by atoms with Crippen LogP contribution in [0.4, 0.5) is 0 Å². The van der Waals surface area contributed by atoms with Gasteiger partial charge in [-0.1, -0.05) is 19.1 Å². The summed E-state index contributed by atoms with van der Waals surface area (Å²) in [5, 5.41) is 16.2. The first-order valence-electron chi connectivity index (χ1n) is 11.4. The number of fused-ring (bicyclic) bond motifs is 1. The number of hydrogen-bond acceptors (Lipinski definition) is 6. The summed E-state index contributed by atoms with van der Waals surface area (Å²) in [6, 6.07) is 9.84. The summed E-state index contributed by atoms with van der Waals surface area (Å²) < 4.78 is 7.64. The molecule has 176 valence electrons. The third kappa shape index (κ3) is 3.83. The molecule has 5 rings (SSSR count). The molecule has 1 fully saturated rings. The fourth-order valence-corrected chi connectivity index (χ4v) is 5.53. The van der Waals surface area contributed by atoms with Gasteiger partial charge in [-0.25, -0.2) is 0 Å². The molecule has 1 saturated heterocycles. The fourth-order valence-electron chi connectivity index (χ4n) is 4.58. The minimum absolute atomic E-state index is 0.0602. The number of carbonyl (C=O) groups is 1. The monoisotopic (exact) mass is 476 g/mol. The first-order chi connectivity index (χ1) is 16.4. The van der Waals surface area contributed by atoms with Gasteiger partial charge in [-0.3, -0.25) is 10.2 Å². The molecule has 0 saturated carbocycles. The normalized spacial score (nSPS) is 20.1. The van der Waals surface area contributed by atoms with Gasteiger partial charge in [-0.15, -0.1) is 5.10 Å². The van der Waals surface area contributed by atoms with Crippen LogP contribution in [0.2, 0.25) is 0 Å². The standard InChI is InChI=1S/C25H28N6O2S/c1-15-9-11-29(12-10-15)25-28-31-22(26)19(23(32)27-24(31)34-25)14-18-13-16(2)30(17(18)3)20-7-5-6-8-21(20)33-4/h5-8,13-15,26H,9-12H2,1-4H3/b19-14+,26-22?. The van der Waals surface area contributed by atoms with E-state index in [9.17, 15) is 4.79 Å². The Labute approximate surface area is 203 Å². The van der Waals surface area contributed by atoms with Gasteiger partial charge in [0.15, 0.2) is 11.0 Å². The number of benzene rings is 1. The van der Waals surface area contributed by atoms with E-state index in [1.807, 2.05) is 44.2 Å². The van der Waals surface area contributed by atoms with E-state index >= 15 is 0 Å². The number of rotatable bonds is 3. The smallest absolute Gasteiger partial charge is 0.283 e. The minimum Gasteiger partial charge on any atom is -0.495 e. The number of amidine groups is 3. The first-order valence-corrected chi connectivity index (χ1v) is 12.3. The Hall–Kier alpha value is -3.33. The predicted octanol–water partition coefficient (Wildman–Crippen LogP) is 4.41. The number of para-hydroxylation sites is 2. The number of amides is 1. The lowest BCUT2D eigenvalue weighted by atomic mass is 10.00. The number of methoxy groups -OCH3 is 1. The van der Waals surface area contributed by atoms with Gasteiger partial charge in [0.1, 0.15) is 5.75 Å². The number of thioether (sulfide) groups is 1. The summed E-state index contributed by atoms with van der Waals surface area (Å²) in [5.41, 5.74) is 3.98. The Bertz CT molecular complexity index is 1270. The molecule has 0 unspecified atom stereocenters. The summed E-state index contributed by atoms with van der Waals surface area (Å²) in [4.78, 5) is 19.4. The number of hydrogen-bond donors (Lipinski definition) is 1. The zero-order valence-electron chi connectivity index (χ0n) is 19.8. The number of piperidine rings is 1. The maximum absolute atomic E-state index is 12.9. The summed E-state index contributed by atoms with van der Waals surface area (Å²) in [6.45, 7) is 8.15. The van der Waals surface area contributed by atoms with Crippen LogP contribution in [0.25, 0.3) is 11.8 Å². The van der Waals surface area contributed by atoms with E-state index in [4.69, 9.17) is 10.1 Å². The van der Waals surface area contributed by atoms with Crippen LogP contribution in [0.3, 0.4) is 0 Å². The average molecular weight is 477 g/mol. The number of aromatic nitrogens is 1. The van der Waals surface area contributed by atoms with Crippen molar-refractivity contribution in [3.8, 4) is 11.4 Å². The van der Waals surface area contributed by atoms with Crippen molar-refractivity contribution in [1.29, 1.82) is 5.41 Å². The molecule has 4 heterocycles. The van der Waals surface area contributed by atoms with Gasteiger partial charge in [0.25, 0.3) is 5.91 Å². The third-order valence-electron chi connectivity index (χ3n) is 6.59. The molecular weight excluding hydrogens is 448 g/mol. The molecule has 3 aliphatic heterocycles. The zero-order chi connectivity index (χ0) is 24.0. The van der Waals surface area contributed by atoms with E-state index in [2.05, 4.69) is 26.5 Å². The van der Waals surface area contributed by atoms with Crippen LogP contribution in [-0.4, -0.2) is 56.8 Å². The molecule has 1 N–H and O–H groups in total. The Morgan fingerprint density at radius 2 is 1.91 bits per heavy atom. The molecule has 0 atom stereocenters. The van der Waals surface area contributed by atoms with Crippen LogP contribution in [0.5, 0.6) is 5.75 Å². The van der Waals surface area contributed by atoms with Gasteiger partial charge in [-0.05, 0) is 74.2 Å². The molecule has 8 nitrogen and oxygen atoms in total. The van der Waals surface area contributed by atoms with E-state index in [0.717, 1.165) is 59.5 Å². The number of aryl methyl sites for hydroxylation is 1. The van der Waals surface area contributed by atoms with Gasteiger partial charge >= 0.3 is 0 Å². The second-order valence-corrected chi connectivity index (χ2v) is 9.84. The van der Waals surface area contributed by atoms with E-state index in [-0.39, 0.29) is 11.4 Å². The van der Waals surface area contributed by atoms with E-state index < -0.39 is 5.91 Å². The molecular formula is C25H28N6O2S. The van der Waals surface area contributed by atoms with Gasteiger partial charge in [0.2, 0.25) is 5.17 Å². The average Bonchev–Trinajstić information content (AvgIpc) is 3.37. The van der Waals surface area contributed by atoms with Gasteiger partial charge in [0, 0.05) is 24.5 Å². The zero-order valence-corrected chi connectivity index (χ0v) is 20.6. The maximum atomic E-state index is 12.9. The highest BCUT2D eigenvalue weighted by molar-refractivity contribution is 8.26. The second kappa shape index (κ2) is 8.79. The maximum Gasteiger partial charge on any atom is 0.283 e. The lowest BCUT2D eigenvalue weighted by Gasteiger charge is -2.30. The van der Waals surface area contributed by atoms with Crippen LogP contribution in [0, 0.1) is 25.2 Å². The third-order valence-corrected chi connectivity index (χ3v) is 7.56. The Kier molecular flexibility index (Phi) is 5.81. The van der Waals surface area contributed by atoms with E-state index in [1.54, 1.807) is 13.2 Å². The van der Waals surface area contributed by atoms with Crippen molar-refractivity contribution < 1.29 is 9.53 Å². The number of aliphatic imine (C=N–C) groups is 1. The lowest BCUT2D eigenvalue weighted by molar-refractivity contribution is -0.114. The number of hydrazone groups is 1. The van der Waals surface area contributed by atoms with Crippen molar-refractivity contribution in [2.75, 3.05) is 20.2 Å². The molecule has 0 bridgehead atoms. The van der Waals surface area contributed by atoms with Crippen molar-refractivity contribution in [3.63, 3.8) is 0 Å². The highest BCUT2D eigenvalue weighted by atomic mass is 32.2. The molecule has 0 radical (unpaired) electrons. The minimum atomic E-state index is -0.408. The molecule has 1 aromatic carbocycles. The topological polar surface area (TPSA) is 86.3 Å². The van der Waals surface area contributed by atoms with Crippen LogP contribution >= 0.6 is 11.8 Å². The predicted molar refractivity (Wildman–Crippen MR) is 137 cm³/mol. The summed E-state index contributed by atoms with van der Waals surface area (Å²) in [5.74, 6) is 1.13.